The second-order valence-corrected chi connectivity index (χ2v) is 5.63. The minimum absolute atomic E-state index is 1.12. The number of hydrogen-bond donors (Lipinski definition) is 0. The quantitative estimate of drug-likeness (QED) is 0.172. The van der Waals surface area contributed by atoms with Gasteiger partial charge in [0.1, 0.15) is 0 Å². The van der Waals surface area contributed by atoms with E-state index in [2.05, 4.69) is 98.9 Å². The van der Waals surface area contributed by atoms with Crippen molar-refractivity contribution < 1.29 is 0 Å². The average molecular weight is 325 g/mol. The summed E-state index contributed by atoms with van der Waals surface area (Å²) in [4.78, 5) is 0. The van der Waals surface area contributed by atoms with Crippen LogP contribution in [0.5, 0.6) is 0 Å². The summed E-state index contributed by atoms with van der Waals surface area (Å²) in [6.07, 6.45) is 39.9. The molecule has 0 unspecified atom stereocenters. The van der Waals surface area contributed by atoms with Crippen LogP contribution in [0.4, 0.5) is 0 Å². The highest BCUT2D eigenvalue weighted by Crippen LogP contribution is 1.99. The highest BCUT2D eigenvalue weighted by Gasteiger charge is 1.79. The van der Waals surface area contributed by atoms with E-state index in [9.17, 15) is 0 Å². The van der Waals surface area contributed by atoms with Crippen LogP contribution in [0.3, 0.4) is 0 Å². The zero-order valence-corrected chi connectivity index (χ0v) is 15.7. The van der Waals surface area contributed by atoms with E-state index in [1.165, 1.54) is 0 Å². The standard InChI is InChI=1S/C24H36/c1-3-5-7-9-11-13-15-17-19-21-23-24-22-20-18-16-14-12-10-8-6-4-2/h3-6,11-14,19-24H,7-10,15-18H2,1-2H3. The molecule has 0 heterocycles. The van der Waals surface area contributed by atoms with Crippen molar-refractivity contribution in [3.8, 4) is 0 Å². The molecular weight excluding hydrogens is 288 g/mol. The fourth-order valence-corrected chi connectivity index (χ4v) is 2.05. The maximum absolute atomic E-state index is 2.28. The van der Waals surface area contributed by atoms with E-state index in [0.717, 1.165) is 51.4 Å². The minimum Gasteiger partial charge on any atom is -0.0917 e. The molecule has 0 aliphatic carbocycles. The van der Waals surface area contributed by atoms with E-state index in [4.69, 9.17) is 0 Å². The van der Waals surface area contributed by atoms with Gasteiger partial charge >= 0.3 is 0 Å². The summed E-state index contributed by atoms with van der Waals surface area (Å²) >= 11 is 0. The molecule has 0 N–H and O–H groups in total. The fourth-order valence-electron chi connectivity index (χ4n) is 2.05. The second-order valence-electron chi connectivity index (χ2n) is 5.63. The predicted molar refractivity (Wildman–Crippen MR) is 112 cm³/mol. The van der Waals surface area contributed by atoms with Crippen molar-refractivity contribution in [3.05, 3.63) is 85.1 Å². The highest BCUT2D eigenvalue weighted by atomic mass is 13.9. The molecule has 0 aromatic rings. The van der Waals surface area contributed by atoms with E-state index in [-0.39, 0.29) is 0 Å². The van der Waals surface area contributed by atoms with Gasteiger partial charge in [-0.05, 0) is 65.2 Å². The number of hydrogen-bond acceptors (Lipinski definition) is 0. The SMILES string of the molecule is CC=CCCC=CCCC=CC=CC=CCCC=CCCC=CC. The van der Waals surface area contributed by atoms with Gasteiger partial charge in [-0.3, -0.25) is 0 Å². The van der Waals surface area contributed by atoms with Crippen LogP contribution < -0.4 is 0 Å². The van der Waals surface area contributed by atoms with Gasteiger partial charge < -0.3 is 0 Å². The first-order valence-corrected chi connectivity index (χ1v) is 9.42. The first-order chi connectivity index (χ1) is 11.9. The van der Waals surface area contributed by atoms with Gasteiger partial charge in [0.15, 0.2) is 0 Å². The largest absolute Gasteiger partial charge is 0.0917 e. The molecule has 0 saturated carbocycles. The van der Waals surface area contributed by atoms with Crippen LogP contribution in [0.15, 0.2) is 85.1 Å². The van der Waals surface area contributed by atoms with Gasteiger partial charge in [0.05, 0.1) is 0 Å². The summed E-state index contributed by atoms with van der Waals surface area (Å²) in [5.41, 5.74) is 0. The van der Waals surface area contributed by atoms with Crippen LogP contribution in [0.2, 0.25) is 0 Å². The molecule has 0 aromatic carbocycles. The van der Waals surface area contributed by atoms with Gasteiger partial charge in [-0.25, -0.2) is 0 Å². The molecule has 0 aliphatic rings. The molecule has 0 bridgehead atoms. The zero-order chi connectivity index (χ0) is 17.6. The van der Waals surface area contributed by atoms with Crippen molar-refractivity contribution in [1.82, 2.24) is 0 Å². The third kappa shape index (κ3) is 20.2. The Morgan fingerprint density at radius 2 is 0.625 bits per heavy atom. The molecule has 0 saturated heterocycles. The molecule has 0 aromatic heterocycles. The fraction of sp³-hybridized carbons (Fsp3) is 0.417. The Balaban J connectivity index is 3.49. The van der Waals surface area contributed by atoms with Crippen molar-refractivity contribution in [2.75, 3.05) is 0 Å². The summed E-state index contributed by atoms with van der Waals surface area (Å²) < 4.78 is 0. The predicted octanol–water partition coefficient (Wildman–Crippen LogP) is 8.04. The smallest absolute Gasteiger partial charge is 0.0313 e. The lowest BCUT2D eigenvalue weighted by Crippen LogP contribution is -1.67. The van der Waals surface area contributed by atoms with Crippen molar-refractivity contribution >= 4 is 0 Å². The van der Waals surface area contributed by atoms with Gasteiger partial charge in [0.25, 0.3) is 0 Å². The summed E-state index contributed by atoms with van der Waals surface area (Å²) in [7, 11) is 0. The van der Waals surface area contributed by atoms with Crippen molar-refractivity contribution in [2.24, 2.45) is 0 Å². The lowest BCUT2D eigenvalue weighted by Gasteiger charge is -1.88. The van der Waals surface area contributed by atoms with Gasteiger partial charge in [-0.1, -0.05) is 85.1 Å². The molecule has 0 atom stereocenters. The Hall–Kier alpha value is -1.82. The summed E-state index contributed by atoms with van der Waals surface area (Å²) in [5.74, 6) is 0. The third-order valence-electron chi connectivity index (χ3n) is 3.41. The molecule has 24 heavy (non-hydrogen) atoms. The molecular formula is C24H36. The minimum atomic E-state index is 1.12. The van der Waals surface area contributed by atoms with Crippen molar-refractivity contribution in [1.29, 1.82) is 0 Å². The lowest BCUT2D eigenvalue weighted by molar-refractivity contribution is 1.00. The Labute approximate surface area is 150 Å². The van der Waals surface area contributed by atoms with Gasteiger partial charge in [-0.2, -0.15) is 0 Å². The van der Waals surface area contributed by atoms with Crippen LogP contribution in [0.25, 0.3) is 0 Å². The molecule has 0 rings (SSSR count). The lowest BCUT2D eigenvalue weighted by atomic mass is 10.2. The molecule has 0 fully saturated rings. The summed E-state index contributed by atoms with van der Waals surface area (Å²) in [5, 5.41) is 0. The van der Waals surface area contributed by atoms with Crippen molar-refractivity contribution in [2.45, 2.75) is 65.2 Å². The number of unbranched alkanes of at least 4 members (excludes halogenated alkanes) is 4. The Kier molecular flexibility index (Phi) is 19.6. The van der Waals surface area contributed by atoms with Crippen LogP contribution >= 0.6 is 0 Å². The van der Waals surface area contributed by atoms with E-state index in [1.54, 1.807) is 0 Å². The first-order valence-electron chi connectivity index (χ1n) is 9.42. The molecule has 0 spiro atoms. The monoisotopic (exact) mass is 324 g/mol. The molecule has 0 nitrogen and oxygen atoms in total. The Morgan fingerprint density at radius 1 is 0.333 bits per heavy atom. The van der Waals surface area contributed by atoms with Gasteiger partial charge in [-0.15, -0.1) is 0 Å². The number of allylic oxidation sites excluding steroid dienone is 14. The molecule has 0 heteroatoms. The second kappa shape index (κ2) is 21.2. The topological polar surface area (TPSA) is 0 Å². The van der Waals surface area contributed by atoms with Crippen LogP contribution in [-0.2, 0) is 0 Å². The Bertz CT molecular complexity index is 397. The van der Waals surface area contributed by atoms with E-state index in [1.807, 2.05) is 0 Å². The van der Waals surface area contributed by atoms with Gasteiger partial charge in [0.2, 0.25) is 0 Å². The zero-order valence-electron chi connectivity index (χ0n) is 15.7. The molecule has 0 radical (unpaired) electrons. The van der Waals surface area contributed by atoms with E-state index >= 15 is 0 Å². The van der Waals surface area contributed by atoms with Crippen LogP contribution in [-0.4, -0.2) is 0 Å². The maximum atomic E-state index is 2.28. The third-order valence-corrected chi connectivity index (χ3v) is 3.41. The maximum Gasteiger partial charge on any atom is -0.0313 e. The summed E-state index contributed by atoms with van der Waals surface area (Å²) in [6.45, 7) is 4.14. The average Bonchev–Trinajstić information content (AvgIpc) is 2.60. The van der Waals surface area contributed by atoms with Crippen LogP contribution in [0, 0.1) is 0 Å². The van der Waals surface area contributed by atoms with E-state index in [0.29, 0.717) is 0 Å². The highest BCUT2D eigenvalue weighted by molar-refractivity contribution is 5.11. The van der Waals surface area contributed by atoms with Gasteiger partial charge in [0, 0.05) is 0 Å². The number of rotatable bonds is 14. The normalized spacial score (nSPS) is 13.6. The first kappa shape index (κ1) is 22.2. The molecule has 0 amide bonds. The Morgan fingerprint density at radius 3 is 0.958 bits per heavy atom. The van der Waals surface area contributed by atoms with Crippen LogP contribution in [0.1, 0.15) is 65.2 Å². The molecule has 132 valence electrons. The van der Waals surface area contributed by atoms with E-state index < -0.39 is 0 Å². The molecule has 0 aliphatic heterocycles. The summed E-state index contributed by atoms with van der Waals surface area (Å²) in [6, 6.07) is 0. The van der Waals surface area contributed by atoms with Crippen molar-refractivity contribution in [3.63, 3.8) is 0 Å².